The molecule has 1 saturated heterocycles. The lowest BCUT2D eigenvalue weighted by Crippen LogP contribution is -2.35. The molecule has 0 aliphatic carbocycles. The van der Waals surface area contributed by atoms with Gasteiger partial charge in [0.2, 0.25) is 0 Å². The van der Waals surface area contributed by atoms with Crippen molar-refractivity contribution in [3.8, 4) is 0 Å². The molecule has 0 saturated carbocycles. The van der Waals surface area contributed by atoms with Gasteiger partial charge in [0, 0.05) is 25.2 Å². The molecule has 234 valence electrons. The number of amides is 1. The van der Waals surface area contributed by atoms with Crippen molar-refractivity contribution in [1.29, 1.82) is 0 Å². The van der Waals surface area contributed by atoms with Crippen LogP contribution < -0.4 is 0 Å². The molecule has 3 aromatic rings. The highest BCUT2D eigenvalue weighted by Gasteiger charge is 2.28. The zero-order valence-corrected chi connectivity index (χ0v) is 25.9. The molecule has 1 N–H and O–H groups in total. The van der Waals surface area contributed by atoms with Crippen LogP contribution in [0.2, 0.25) is 0 Å². The second kappa shape index (κ2) is 15.6. The fourth-order valence-corrected chi connectivity index (χ4v) is 7.24. The number of nitro benzene ring substituents is 1. The Bertz CT molecular complexity index is 1490. The van der Waals surface area contributed by atoms with Crippen LogP contribution in [0.3, 0.4) is 0 Å². The van der Waals surface area contributed by atoms with E-state index >= 15 is 0 Å². The van der Waals surface area contributed by atoms with Gasteiger partial charge < -0.3 is 14.9 Å². The Balaban J connectivity index is 1.27. The minimum absolute atomic E-state index is 0.0250. The number of carbonyl (C=O) groups is 1. The highest BCUT2D eigenvalue weighted by atomic mass is 32.2. The number of rotatable bonds is 14. The predicted molar refractivity (Wildman–Crippen MR) is 171 cm³/mol. The number of likely N-dealkylation sites (tertiary alicyclic amines) is 1. The molecule has 1 aliphatic heterocycles. The number of non-ortho nitro benzene ring substituents is 1. The van der Waals surface area contributed by atoms with E-state index in [0.29, 0.717) is 22.8 Å². The van der Waals surface area contributed by atoms with Gasteiger partial charge in [0.05, 0.1) is 15.1 Å². The summed E-state index contributed by atoms with van der Waals surface area (Å²) < 4.78 is 26.5. The molecule has 0 bridgehead atoms. The smallest absolute Gasteiger partial charge is 0.407 e. The van der Waals surface area contributed by atoms with Gasteiger partial charge in [0.15, 0.2) is 9.84 Å². The number of hydrogen-bond donors (Lipinski definition) is 1. The number of nitrogens with zero attached hydrogens (tertiary/aromatic N) is 3. The summed E-state index contributed by atoms with van der Waals surface area (Å²) in [6.07, 6.45) is 6.34. The average Bonchev–Trinajstić information content (AvgIpc) is 3.04. The Morgan fingerprint density at radius 1 is 1.02 bits per heavy atom. The standard InChI is InChI=1S/C34H41N3O6S/c1-27(44(42,43)33-12-6-3-7-13-33)25-31(30-10-4-2-5-11-30)20-24-35-22-18-28(19-23-35)9-8-21-36(34(38)39)26-29-14-16-32(17-15-29)37(40)41/h2-17,27-28,31H,18-26H2,1H3,(H,38,39)/t27-,31+/m1/s1. The summed E-state index contributed by atoms with van der Waals surface area (Å²) in [5.74, 6) is 0.488. The fourth-order valence-electron chi connectivity index (χ4n) is 5.76. The van der Waals surface area contributed by atoms with E-state index in [-0.39, 0.29) is 24.7 Å². The molecule has 1 aliphatic rings. The fraction of sp³-hybridized carbons (Fsp3) is 0.382. The summed E-state index contributed by atoms with van der Waals surface area (Å²) in [5, 5.41) is 20.0. The van der Waals surface area contributed by atoms with Crippen molar-refractivity contribution in [2.24, 2.45) is 5.92 Å². The number of nitro groups is 1. The van der Waals surface area contributed by atoms with Crippen LogP contribution in [0.5, 0.6) is 0 Å². The Morgan fingerprint density at radius 3 is 2.23 bits per heavy atom. The van der Waals surface area contributed by atoms with Gasteiger partial charge in [-0.15, -0.1) is 0 Å². The van der Waals surface area contributed by atoms with Crippen LogP contribution >= 0.6 is 0 Å². The molecular weight excluding hydrogens is 578 g/mol. The van der Waals surface area contributed by atoms with Crippen LogP contribution in [0.1, 0.15) is 49.7 Å². The second-order valence-corrected chi connectivity index (χ2v) is 13.9. The third kappa shape index (κ3) is 9.24. The minimum atomic E-state index is -3.42. The van der Waals surface area contributed by atoms with Crippen molar-refractivity contribution in [3.05, 3.63) is 118 Å². The highest BCUT2D eigenvalue weighted by molar-refractivity contribution is 7.92. The predicted octanol–water partition coefficient (Wildman–Crippen LogP) is 6.77. The lowest BCUT2D eigenvalue weighted by atomic mass is 9.90. The number of carboxylic acid groups (broad SMARTS) is 1. The van der Waals surface area contributed by atoms with Crippen molar-refractivity contribution < 1.29 is 23.2 Å². The summed E-state index contributed by atoms with van der Waals surface area (Å²) >= 11 is 0. The average molecular weight is 620 g/mol. The molecular formula is C34H41N3O6S. The molecule has 3 aromatic carbocycles. The molecule has 1 fully saturated rings. The van der Waals surface area contributed by atoms with Gasteiger partial charge in [-0.3, -0.25) is 10.1 Å². The second-order valence-electron chi connectivity index (χ2n) is 11.5. The molecule has 1 amide bonds. The maximum absolute atomic E-state index is 13.3. The summed E-state index contributed by atoms with van der Waals surface area (Å²) in [7, 11) is -3.42. The molecule has 0 spiro atoms. The first kappa shape index (κ1) is 32.9. The van der Waals surface area contributed by atoms with Crippen molar-refractivity contribution in [2.45, 2.75) is 55.2 Å². The quantitative estimate of drug-likeness (QED) is 0.120. The molecule has 44 heavy (non-hydrogen) atoms. The summed E-state index contributed by atoms with van der Waals surface area (Å²) in [6, 6.07) is 24.8. The van der Waals surface area contributed by atoms with Gasteiger partial charge >= 0.3 is 6.09 Å². The van der Waals surface area contributed by atoms with Gasteiger partial charge in [0.25, 0.3) is 5.69 Å². The number of sulfone groups is 1. The van der Waals surface area contributed by atoms with Crippen LogP contribution in [-0.4, -0.2) is 65.8 Å². The Kier molecular flexibility index (Phi) is 11.7. The molecule has 1 heterocycles. The molecule has 0 unspecified atom stereocenters. The Labute approximate surface area is 259 Å². The van der Waals surface area contributed by atoms with E-state index < -0.39 is 26.1 Å². The normalized spacial score (nSPS) is 16.0. The third-order valence-corrected chi connectivity index (χ3v) is 10.6. The van der Waals surface area contributed by atoms with E-state index in [2.05, 4.69) is 23.1 Å². The molecule has 2 atom stereocenters. The summed E-state index contributed by atoms with van der Waals surface area (Å²) in [6.45, 7) is 4.96. The van der Waals surface area contributed by atoms with Crippen LogP contribution in [0.4, 0.5) is 10.5 Å². The lowest BCUT2D eigenvalue weighted by Gasteiger charge is -2.32. The monoisotopic (exact) mass is 619 g/mol. The maximum Gasteiger partial charge on any atom is 0.407 e. The minimum Gasteiger partial charge on any atom is -0.465 e. The van der Waals surface area contributed by atoms with E-state index in [1.807, 2.05) is 37.3 Å². The zero-order chi connectivity index (χ0) is 31.5. The highest BCUT2D eigenvalue weighted by Crippen LogP contribution is 2.30. The van der Waals surface area contributed by atoms with E-state index in [1.54, 1.807) is 36.4 Å². The molecule has 9 nitrogen and oxygen atoms in total. The van der Waals surface area contributed by atoms with Gasteiger partial charge in [0.1, 0.15) is 0 Å². The number of hydrogen-bond acceptors (Lipinski definition) is 6. The number of benzene rings is 3. The molecule has 0 aromatic heterocycles. The number of allylic oxidation sites excluding steroid dienone is 1. The van der Waals surface area contributed by atoms with Gasteiger partial charge in [-0.2, -0.15) is 0 Å². The van der Waals surface area contributed by atoms with Gasteiger partial charge in [-0.1, -0.05) is 72.8 Å². The summed E-state index contributed by atoms with van der Waals surface area (Å²) in [5.41, 5.74) is 1.83. The van der Waals surface area contributed by atoms with Crippen LogP contribution in [0.15, 0.2) is 102 Å². The van der Waals surface area contributed by atoms with E-state index in [4.69, 9.17) is 0 Å². The largest absolute Gasteiger partial charge is 0.465 e. The Hall–Kier alpha value is -4.02. The van der Waals surface area contributed by atoms with Crippen molar-refractivity contribution in [3.63, 3.8) is 0 Å². The lowest BCUT2D eigenvalue weighted by molar-refractivity contribution is -0.384. The summed E-state index contributed by atoms with van der Waals surface area (Å²) in [4.78, 5) is 26.3. The van der Waals surface area contributed by atoms with E-state index in [1.165, 1.54) is 17.0 Å². The third-order valence-electron chi connectivity index (χ3n) is 8.44. The van der Waals surface area contributed by atoms with Crippen LogP contribution in [-0.2, 0) is 16.4 Å². The number of piperidine rings is 1. The first-order valence-electron chi connectivity index (χ1n) is 15.1. The molecule has 10 heteroatoms. The van der Waals surface area contributed by atoms with Crippen molar-refractivity contribution in [1.82, 2.24) is 9.80 Å². The SMILES string of the molecule is C[C@H](C[C@H](CCN1CCC(C=CCN(Cc2ccc([N+](=O)[O-])cc2)C(=O)O)CC1)c1ccccc1)S(=O)(=O)c1ccccc1. The first-order valence-corrected chi connectivity index (χ1v) is 16.6. The molecule has 0 radical (unpaired) electrons. The first-order chi connectivity index (χ1) is 21.1. The Morgan fingerprint density at radius 2 is 1.64 bits per heavy atom. The van der Waals surface area contributed by atoms with Gasteiger partial charge in [-0.05, 0) is 87.3 Å². The van der Waals surface area contributed by atoms with Crippen molar-refractivity contribution >= 4 is 21.6 Å². The maximum atomic E-state index is 13.3. The molecule has 4 rings (SSSR count). The van der Waals surface area contributed by atoms with E-state index in [9.17, 15) is 28.4 Å². The zero-order valence-electron chi connectivity index (χ0n) is 25.1. The topological polar surface area (TPSA) is 121 Å². The van der Waals surface area contributed by atoms with E-state index in [0.717, 1.165) is 44.5 Å². The van der Waals surface area contributed by atoms with Crippen LogP contribution in [0.25, 0.3) is 0 Å². The van der Waals surface area contributed by atoms with Crippen LogP contribution in [0, 0.1) is 16.0 Å². The van der Waals surface area contributed by atoms with Gasteiger partial charge in [-0.25, -0.2) is 13.2 Å². The van der Waals surface area contributed by atoms with Crippen molar-refractivity contribution in [2.75, 3.05) is 26.2 Å².